The number of nitrogens with zero attached hydrogens (tertiary/aromatic N) is 2. The number of ether oxygens (including phenoxy) is 1. The minimum atomic E-state index is -0.863. The van der Waals surface area contributed by atoms with Crippen molar-refractivity contribution in [1.82, 2.24) is 9.78 Å². The van der Waals surface area contributed by atoms with Gasteiger partial charge in [-0.05, 0) is 35.0 Å². The lowest BCUT2D eigenvalue weighted by molar-refractivity contribution is 0.207. The van der Waals surface area contributed by atoms with Gasteiger partial charge in [0.05, 0.1) is 5.69 Å². The second kappa shape index (κ2) is 4.58. The Hall–Kier alpha value is -1.82. The Bertz CT molecular complexity index is 551. The monoisotopic (exact) mass is 295 g/mol. The van der Waals surface area contributed by atoms with Gasteiger partial charge in [-0.15, -0.1) is 0 Å². The van der Waals surface area contributed by atoms with Crippen molar-refractivity contribution >= 4 is 22.0 Å². The second-order valence-electron chi connectivity index (χ2n) is 3.39. The van der Waals surface area contributed by atoms with Gasteiger partial charge in [0.25, 0.3) is 0 Å². The maximum absolute atomic E-state index is 10.9. The smallest absolute Gasteiger partial charge is 0.391 e. The standard InChI is InChI=1S/C11H10BrN3O2/c1-7-9(12)14-15(10(7)17-11(13)16)8-5-3-2-4-6-8/h2-6H,1H3,(H2,13,16). The molecule has 0 unspecified atom stereocenters. The zero-order chi connectivity index (χ0) is 12.4. The number of halogens is 1. The van der Waals surface area contributed by atoms with Crippen molar-refractivity contribution in [2.45, 2.75) is 6.92 Å². The van der Waals surface area contributed by atoms with Crippen LogP contribution in [0.5, 0.6) is 5.88 Å². The lowest BCUT2D eigenvalue weighted by Crippen LogP contribution is -2.18. The SMILES string of the molecule is Cc1c(Br)nn(-c2ccccc2)c1OC(N)=O. The molecule has 0 atom stereocenters. The van der Waals surface area contributed by atoms with Crippen molar-refractivity contribution in [1.29, 1.82) is 0 Å². The predicted octanol–water partition coefficient (Wildman–Crippen LogP) is 2.40. The van der Waals surface area contributed by atoms with E-state index >= 15 is 0 Å². The zero-order valence-corrected chi connectivity index (χ0v) is 10.6. The van der Waals surface area contributed by atoms with E-state index in [4.69, 9.17) is 10.5 Å². The molecular weight excluding hydrogens is 286 g/mol. The van der Waals surface area contributed by atoms with E-state index in [2.05, 4.69) is 21.0 Å². The molecule has 1 amide bonds. The maximum Gasteiger partial charge on any atom is 0.411 e. The zero-order valence-electron chi connectivity index (χ0n) is 9.05. The largest absolute Gasteiger partial charge is 0.411 e. The highest BCUT2D eigenvalue weighted by atomic mass is 79.9. The van der Waals surface area contributed by atoms with Gasteiger partial charge in [0.2, 0.25) is 5.88 Å². The fourth-order valence-corrected chi connectivity index (χ4v) is 1.74. The van der Waals surface area contributed by atoms with E-state index in [1.807, 2.05) is 30.3 Å². The van der Waals surface area contributed by atoms with Crippen molar-refractivity contribution in [3.05, 3.63) is 40.5 Å². The van der Waals surface area contributed by atoms with Crippen molar-refractivity contribution < 1.29 is 9.53 Å². The number of carbonyl (C=O) groups is 1. The summed E-state index contributed by atoms with van der Waals surface area (Å²) in [5.74, 6) is 0.315. The molecule has 0 saturated carbocycles. The molecule has 0 radical (unpaired) electrons. The Labute approximate surface area is 106 Å². The van der Waals surface area contributed by atoms with E-state index in [0.717, 1.165) is 5.69 Å². The van der Waals surface area contributed by atoms with Crippen LogP contribution < -0.4 is 10.5 Å². The molecule has 1 aromatic carbocycles. The topological polar surface area (TPSA) is 70.1 Å². The van der Waals surface area contributed by atoms with Crippen LogP contribution in [0.15, 0.2) is 34.9 Å². The summed E-state index contributed by atoms with van der Waals surface area (Å²) in [6.45, 7) is 1.79. The third-order valence-electron chi connectivity index (χ3n) is 2.21. The normalized spacial score (nSPS) is 10.2. The van der Waals surface area contributed by atoms with Gasteiger partial charge < -0.3 is 10.5 Å². The average Bonchev–Trinajstić information content (AvgIpc) is 2.58. The van der Waals surface area contributed by atoms with Crippen LogP contribution in [0.1, 0.15) is 5.56 Å². The van der Waals surface area contributed by atoms with Gasteiger partial charge in [0.1, 0.15) is 4.60 Å². The first-order chi connectivity index (χ1) is 8.09. The van der Waals surface area contributed by atoms with Gasteiger partial charge in [0, 0.05) is 5.56 Å². The first-order valence-corrected chi connectivity index (χ1v) is 5.66. The molecule has 0 saturated heterocycles. The molecule has 6 heteroatoms. The number of nitrogens with two attached hydrogens (primary N) is 1. The highest BCUT2D eigenvalue weighted by Gasteiger charge is 2.17. The van der Waals surface area contributed by atoms with Crippen LogP contribution in [0.3, 0.4) is 0 Å². The highest BCUT2D eigenvalue weighted by Crippen LogP contribution is 2.28. The summed E-state index contributed by atoms with van der Waals surface area (Å²) < 4.78 is 7.09. The number of hydrogen-bond acceptors (Lipinski definition) is 3. The van der Waals surface area contributed by atoms with Crippen LogP contribution in [0.4, 0.5) is 4.79 Å². The quantitative estimate of drug-likeness (QED) is 0.925. The molecule has 2 rings (SSSR count). The number of amides is 1. The molecule has 17 heavy (non-hydrogen) atoms. The minimum absolute atomic E-state index is 0.315. The molecule has 0 spiro atoms. The van der Waals surface area contributed by atoms with Crippen LogP contribution in [-0.2, 0) is 0 Å². The fraction of sp³-hybridized carbons (Fsp3) is 0.0909. The molecule has 0 fully saturated rings. The molecular formula is C11H10BrN3O2. The molecule has 0 aliphatic carbocycles. The molecule has 2 aromatic rings. The van der Waals surface area contributed by atoms with Crippen molar-refractivity contribution in [2.24, 2.45) is 5.73 Å². The molecule has 88 valence electrons. The van der Waals surface area contributed by atoms with E-state index < -0.39 is 6.09 Å². The predicted molar refractivity (Wildman–Crippen MR) is 66.2 cm³/mol. The number of aromatic nitrogens is 2. The van der Waals surface area contributed by atoms with Crippen molar-refractivity contribution in [2.75, 3.05) is 0 Å². The van der Waals surface area contributed by atoms with Crippen LogP contribution in [-0.4, -0.2) is 15.9 Å². The summed E-state index contributed by atoms with van der Waals surface area (Å²) in [7, 11) is 0. The Kier molecular flexibility index (Phi) is 3.14. The minimum Gasteiger partial charge on any atom is -0.391 e. The van der Waals surface area contributed by atoms with E-state index in [1.54, 1.807) is 6.92 Å². The summed E-state index contributed by atoms with van der Waals surface area (Å²) in [5.41, 5.74) is 6.54. The van der Waals surface area contributed by atoms with Gasteiger partial charge in [-0.2, -0.15) is 9.78 Å². The van der Waals surface area contributed by atoms with E-state index in [0.29, 0.717) is 16.0 Å². The number of para-hydroxylation sites is 1. The van der Waals surface area contributed by atoms with Gasteiger partial charge in [-0.25, -0.2) is 4.79 Å². The summed E-state index contributed by atoms with van der Waals surface area (Å²) in [5, 5.41) is 4.23. The number of carbonyl (C=O) groups excluding carboxylic acids is 1. The third kappa shape index (κ3) is 2.31. The molecule has 0 bridgehead atoms. The van der Waals surface area contributed by atoms with Gasteiger partial charge in [-0.3, -0.25) is 0 Å². The van der Waals surface area contributed by atoms with Gasteiger partial charge in [0.15, 0.2) is 0 Å². The summed E-state index contributed by atoms with van der Waals surface area (Å²) in [6.07, 6.45) is -0.863. The molecule has 1 aromatic heterocycles. The summed E-state index contributed by atoms with van der Waals surface area (Å²) in [6, 6.07) is 9.34. The van der Waals surface area contributed by atoms with Crippen LogP contribution in [0, 0.1) is 6.92 Å². The Morgan fingerprint density at radius 2 is 2.06 bits per heavy atom. The van der Waals surface area contributed by atoms with E-state index in [-0.39, 0.29) is 0 Å². The molecule has 0 aliphatic heterocycles. The van der Waals surface area contributed by atoms with Crippen molar-refractivity contribution in [3.63, 3.8) is 0 Å². The van der Waals surface area contributed by atoms with Crippen LogP contribution >= 0.6 is 15.9 Å². The molecule has 1 heterocycles. The Morgan fingerprint density at radius 3 is 2.65 bits per heavy atom. The second-order valence-corrected chi connectivity index (χ2v) is 4.14. The average molecular weight is 296 g/mol. The Morgan fingerprint density at radius 1 is 1.41 bits per heavy atom. The number of hydrogen-bond donors (Lipinski definition) is 1. The summed E-state index contributed by atoms with van der Waals surface area (Å²) >= 11 is 3.29. The van der Waals surface area contributed by atoms with Crippen LogP contribution in [0.2, 0.25) is 0 Å². The van der Waals surface area contributed by atoms with Crippen LogP contribution in [0.25, 0.3) is 5.69 Å². The lowest BCUT2D eigenvalue weighted by atomic mass is 10.3. The van der Waals surface area contributed by atoms with Crippen molar-refractivity contribution in [3.8, 4) is 11.6 Å². The molecule has 5 nitrogen and oxygen atoms in total. The number of primary amides is 1. The molecule has 0 aliphatic rings. The number of benzene rings is 1. The summed E-state index contributed by atoms with van der Waals surface area (Å²) in [4.78, 5) is 10.9. The molecule has 2 N–H and O–H groups in total. The van der Waals surface area contributed by atoms with Gasteiger partial charge >= 0.3 is 6.09 Å². The first kappa shape index (κ1) is 11.7. The van der Waals surface area contributed by atoms with E-state index in [9.17, 15) is 4.79 Å². The number of rotatable bonds is 2. The third-order valence-corrected chi connectivity index (χ3v) is 2.96. The lowest BCUT2D eigenvalue weighted by Gasteiger charge is -2.06. The van der Waals surface area contributed by atoms with E-state index in [1.165, 1.54) is 4.68 Å². The maximum atomic E-state index is 10.9. The fourth-order valence-electron chi connectivity index (χ4n) is 1.41. The Balaban J connectivity index is 2.54. The van der Waals surface area contributed by atoms with Gasteiger partial charge in [-0.1, -0.05) is 18.2 Å². The first-order valence-electron chi connectivity index (χ1n) is 4.87. The highest BCUT2D eigenvalue weighted by molar-refractivity contribution is 9.10.